The molecule has 3 aromatic heterocycles. The number of nitrogens with one attached hydrogen (secondary N) is 1. The number of fused-ring (bicyclic) bond motifs is 1. The molecular formula is C20H18N6O2. The largest absolute Gasteiger partial charge is 0.497 e. The van der Waals surface area contributed by atoms with Gasteiger partial charge in [-0.2, -0.15) is 5.10 Å². The fourth-order valence-electron chi connectivity index (χ4n) is 2.76. The first-order valence-electron chi connectivity index (χ1n) is 8.59. The smallest absolute Gasteiger partial charge is 0.261 e. The molecule has 1 aromatic carbocycles. The lowest BCUT2D eigenvalue weighted by atomic mass is 10.2. The van der Waals surface area contributed by atoms with E-state index in [1.54, 1.807) is 54.5 Å². The number of amides is 1. The van der Waals surface area contributed by atoms with Gasteiger partial charge in [0.25, 0.3) is 5.91 Å². The first-order valence-corrected chi connectivity index (χ1v) is 8.59. The number of nitrogens with zero attached hydrogens (tertiary/aromatic N) is 5. The Bertz CT molecular complexity index is 1110. The van der Waals surface area contributed by atoms with Crippen molar-refractivity contribution in [3.63, 3.8) is 0 Å². The average Bonchev–Trinajstić information content (AvgIpc) is 3.18. The molecule has 1 amide bonds. The van der Waals surface area contributed by atoms with E-state index in [-0.39, 0.29) is 5.91 Å². The lowest BCUT2D eigenvalue weighted by molar-refractivity contribution is 0.102. The standard InChI is InChI=1S/C20H18N6O2/c1-25(15-4-3-10-21-12-15)18-9-11-26-19(24-18)17(13-22-26)20(27)23-14-5-7-16(28-2)8-6-14/h3-13H,1-2H3,(H,23,27). The molecule has 0 unspecified atom stereocenters. The molecule has 0 aliphatic rings. The number of ether oxygens (including phenoxy) is 1. The fourth-order valence-corrected chi connectivity index (χ4v) is 2.76. The number of carbonyl (C=O) groups excluding carboxylic acids is 1. The zero-order chi connectivity index (χ0) is 19.5. The van der Waals surface area contributed by atoms with Gasteiger partial charge in [0.15, 0.2) is 5.65 Å². The van der Waals surface area contributed by atoms with Crippen molar-refractivity contribution in [3.05, 3.63) is 72.8 Å². The Kier molecular flexibility index (Phi) is 4.59. The summed E-state index contributed by atoms with van der Waals surface area (Å²) < 4.78 is 6.70. The highest BCUT2D eigenvalue weighted by atomic mass is 16.5. The van der Waals surface area contributed by atoms with Crippen LogP contribution in [0.3, 0.4) is 0 Å². The van der Waals surface area contributed by atoms with Crippen LogP contribution in [0.4, 0.5) is 17.2 Å². The van der Waals surface area contributed by atoms with Crippen LogP contribution in [0.1, 0.15) is 10.4 Å². The van der Waals surface area contributed by atoms with Gasteiger partial charge in [0.2, 0.25) is 0 Å². The van der Waals surface area contributed by atoms with Gasteiger partial charge in [-0.05, 0) is 42.5 Å². The molecule has 0 saturated carbocycles. The van der Waals surface area contributed by atoms with Crippen LogP contribution >= 0.6 is 0 Å². The molecule has 8 heteroatoms. The number of rotatable bonds is 5. The number of pyridine rings is 1. The third kappa shape index (κ3) is 3.35. The summed E-state index contributed by atoms with van der Waals surface area (Å²) >= 11 is 0. The van der Waals surface area contributed by atoms with Crippen LogP contribution in [0, 0.1) is 0 Å². The van der Waals surface area contributed by atoms with Crippen LogP contribution in [0.25, 0.3) is 5.65 Å². The molecule has 4 rings (SSSR count). The van der Waals surface area contributed by atoms with Crippen LogP contribution in [0.15, 0.2) is 67.3 Å². The quantitative estimate of drug-likeness (QED) is 0.578. The summed E-state index contributed by atoms with van der Waals surface area (Å²) in [7, 11) is 3.49. The van der Waals surface area contributed by atoms with Gasteiger partial charge in [0.1, 0.15) is 17.1 Å². The van der Waals surface area contributed by atoms with Gasteiger partial charge < -0.3 is 15.0 Å². The lowest BCUT2D eigenvalue weighted by Gasteiger charge is -2.17. The third-order valence-electron chi connectivity index (χ3n) is 4.32. The Morgan fingerprint density at radius 1 is 1.14 bits per heavy atom. The normalized spacial score (nSPS) is 10.6. The van der Waals surface area contributed by atoms with E-state index in [0.29, 0.717) is 22.7 Å². The predicted molar refractivity (Wildman–Crippen MR) is 106 cm³/mol. The van der Waals surface area contributed by atoms with E-state index in [0.717, 1.165) is 11.4 Å². The number of hydrogen-bond donors (Lipinski definition) is 1. The van der Waals surface area contributed by atoms with Crippen molar-refractivity contribution >= 4 is 28.7 Å². The maximum Gasteiger partial charge on any atom is 0.261 e. The molecule has 0 spiro atoms. The molecule has 3 heterocycles. The van der Waals surface area contributed by atoms with Crippen LogP contribution in [0.5, 0.6) is 5.75 Å². The molecule has 140 valence electrons. The molecule has 8 nitrogen and oxygen atoms in total. The minimum absolute atomic E-state index is 0.283. The molecule has 4 aromatic rings. The van der Waals surface area contributed by atoms with Gasteiger partial charge in [-0.25, -0.2) is 9.50 Å². The summed E-state index contributed by atoms with van der Waals surface area (Å²) in [5.74, 6) is 1.12. The number of benzene rings is 1. The number of aromatic nitrogens is 4. The van der Waals surface area contributed by atoms with E-state index < -0.39 is 0 Å². The Morgan fingerprint density at radius 3 is 2.68 bits per heavy atom. The summed E-state index contributed by atoms with van der Waals surface area (Å²) in [5, 5.41) is 7.08. The van der Waals surface area contributed by atoms with Crippen LogP contribution in [-0.4, -0.2) is 39.6 Å². The van der Waals surface area contributed by atoms with E-state index in [1.807, 2.05) is 30.1 Å². The average molecular weight is 374 g/mol. The summed E-state index contributed by atoms with van der Waals surface area (Å²) in [6.45, 7) is 0. The predicted octanol–water partition coefficient (Wildman–Crippen LogP) is 3.15. The Balaban J connectivity index is 1.63. The van der Waals surface area contributed by atoms with Gasteiger partial charge in [0.05, 0.1) is 25.2 Å². The SMILES string of the molecule is COc1ccc(NC(=O)c2cnn3ccc(N(C)c4cccnc4)nc23)cc1. The van der Waals surface area contributed by atoms with Crippen molar-refractivity contribution in [2.75, 3.05) is 24.4 Å². The minimum atomic E-state index is -0.283. The number of carbonyl (C=O) groups is 1. The molecule has 0 atom stereocenters. The fraction of sp³-hybridized carbons (Fsp3) is 0.100. The maximum absolute atomic E-state index is 12.7. The molecule has 0 bridgehead atoms. The lowest BCUT2D eigenvalue weighted by Crippen LogP contribution is -2.14. The maximum atomic E-state index is 12.7. The van der Waals surface area contributed by atoms with Gasteiger partial charge in [-0.3, -0.25) is 9.78 Å². The van der Waals surface area contributed by atoms with Gasteiger partial charge in [0, 0.05) is 25.1 Å². The first-order chi connectivity index (χ1) is 13.7. The first kappa shape index (κ1) is 17.5. The number of anilines is 3. The highest BCUT2D eigenvalue weighted by Crippen LogP contribution is 2.22. The highest BCUT2D eigenvalue weighted by molar-refractivity contribution is 6.08. The van der Waals surface area contributed by atoms with Crippen molar-refractivity contribution in [2.24, 2.45) is 0 Å². The summed E-state index contributed by atoms with van der Waals surface area (Å²) in [5.41, 5.74) is 2.41. The molecule has 0 fully saturated rings. The van der Waals surface area contributed by atoms with Crippen LogP contribution < -0.4 is 15.0 Å². The van der Waals surface area contributed by atoms with Crippen LogP contribution in [-0.2, 0) is 0 Å². The zero-order valence-electron chi connectivity index (χ0n) is 15.4. The third-order valence-corrected chi connectivity index (χ3v) is 4.32. The molecule has 0 saturated heterocycles. The second-order valence-corrected chi connectivity index (χ2v) is 6.07. The second kappa shape index (κ2) is 7.36. The molecule has 0 radical (unpaired) electrons. The number of hydrogen-bond acceptors (Lipinski definition) is 6. The molecule has 0 aliphatic carbocycles. The van der Waals surface area contributed by atoms with Crippen molar-refractivity contribution in [1.29, 1.82) is 0 Å². The molecular weight excluding hydrogens is 356 g/mol. The molecule has 1 N–H and O–H groups in total. The van der Waals surface area contributed by atoms with Crippen molar-refractivity contribution in [2.45, 2.75) is 0 Å². The monoisotopic (exact) mass is 374 g/mol. The van der Waals surface area contributed by atoms with E-state index in [4.69, 9.17) is 4.74 Å². The number of methoxy groups -OCH3 is 1. The zero-order valence-corrected chi connectivity index (χ0v) is 15.4. The minimum Gasteiger partial charge on any atom is -0.497 e. The summed E-state index contributed by atoms with van der Waals surface area (Å²) in [6.07, 6.45) is 6.75. The van der Waals surface area contributed by atoms with Crippen molar-refractivity contribution in [3.8, 4) is 5.75 Å². The van der Waals surface area contributed by atoms with Gasteiger partial charge >= 0.3 is 0 Å². The Morgan fingerprint density at radius 2 is 1.96 bits per heavy atom. The van der Waals surface area contributed by atoms with Gasteiger partial charge in [-0.15, -0.1) is 0 Å². The van der Waals surface area contributed by atoms with Crippen molar-refractivity contribution in [1.82, 2.24) is 19.6 Å². The molecule has 28 heavy (non-hydrogen) atoms. The van der Waals surface area contributed by atoms with E-state index in [1.165, 1.54) is 6.20 Å². The second-order valence-electron chi connectivity index (χ2n) is 6.07. The van der Waals surface area contributed by atoms with Gasteiger partial charge in [-0.1, -0.05) is 0 Å². The van der Waals surface area contributed by atoms with Crippen molar-refractivity contribution < 1.29 is 9.53 Å². The Hall–Kier alpha value is -3.94. The Labute approximate surface area is 161 Å². The van der Waals surface area contributed by atoms with E-state index in [9.17, 15) is 4.79 Å². The van der Waals surface area contributed by atoms with Crippen LogP contribution in [0.2, 0.25) is 0 Å². The molecule has 0 aliphatic heterocycles. The summed E-state index contributed by atoms with van der Waals surface area (Å²) in [6, 6.07) is 12.7. The summed E-state index contributed by atoms with van der Waals surface area (Å²) in [4.78, 5) is 23.4. The van der Waals surface area contributed by atoms with E-state index >= 15 is 0 Å². The van der Waals surface area contributed by atoms with E-state index in [2.05, 4.69) is 20.4 Å². The highest BCUT2D eigenvalue weighted by Gasteiger charge is 2.16. The topological polar surface area (TPSA) is 84.6 Å².